The monoisotopic (exact) mass is 498 g/mol. The first-order valence-corrected chi connectivity index (χ1v) is 20.1. The predicted molar refractivity (Wildman–Crippen MR) is 148 cm³/mol. The molecule has 0 amide bonds. The third kappa shape index (κ3) is 25.8. The maximum absolute atomic E-state index is 12.1. The summed E-state index contributed by atoms with van der Waals surface area (Å²) < 4.78 is 17.7. The van der Waals surface area contributed by atoms with E-state index in [9.17, 15) is 4.79 Å². The van der Waals surface area contributed by atoms with Gasteiger partial charge in [0.05, 0.1) is 6.61 Å². The lowest BCUT2D eigenvalue weighted by molar-refractivity contribution is -0.146. The molecule has 0 saturated heterocycles. The van der Waals surface area contributed by atoms with E-state index >= 15 is 0 Å². The molecule has 4 nitrogen and oxygen atoms in total. The Kier molecular flexibility index (Phi) is 19.2. The lowest BCUT2D eigenvalue weighted by atomic mass is 10.1. The summed E-state index contributed by atoms with van der Waals surface area (Å²) in [6.07, 6.45) is 22.5. The number of unbranched alkanes of at least 4 members (excludes halogenated alkanes) is 8. The van der Waals surface area contributed by atoms with Crippen LogP contribution in [-0.4, -0.2) is 41.9 Å². The Morgan fingerprint density at radius 2 is 1.30 bits per heavy atom. The summed E-state index contributed by atoms with van der Waals surface area (Å²) in [6.45, 7) is 16.0. The second-order valence-electron chi connectivity index (χ2n) is 10.9. The zero-order valence-electron chi connectivity index (χ0n) is 22.9. The van der Waals surface area contributed by atoms with E-state index in [0.717, 1.165) is 25.7 Å². The average molecular weight is 499 g/mol. The molecule has 6 heteroatoms. The van der Waals surface area contributed by atoms with Gasteiger partial charge in [-0.25, -0.2) is 0 Å². The van der Waals surface area contributed by atoms with Crippen LogP contribution in [0.2, 0.25) is 39.3 Å². The fourth-order valence-corrected chi connectivity index (χ4v) is 5.12. The summed E-state index contributed by atoms with van der Waals surface area (Å²) in [5, 5.41) is 0. The minimum atomic E-state index is -1.72. The summed E-state index contributed by atoms with van der Waals surface area (Å²) in [6, 6.07) is 0. The van der Waals surface area contributed by atoms with E-state index in [-0.39, 0.29) is 12.1 Å². The van der Waals surface area contributed by atoms with Crippen LogP contribution in [0.5, 0.6) is 0 Å². The average Bonchev–Trinajstić information content (AvgIpc) is 2.71. The van der Waals surface area contributed by atoms with Gasteiger partial charge < -0.3 is 13.6 Å². The lowest BCUT2D eigenvalue weighted by Gasteiger charge is -2.28. The number of hydrogen-bond donors (Lipinski definition) is 0. The highest BCUT2D eigenvalue weighted by atomic mass is 28.4. The van der Waals surface area contributed by atoms with Crippen molar-refractivity contribution in [1.82, 2.24) is 0 Å². The van der Waals surface area contributed by atoms with Gasteiger partial charge in [-0.3, -0.25) is 4.79 Å². The first-order valence-electron chi connectivity index (χ1n) is 13.3. The molecule has 0 saturated carbocycles. The van der Waals surface area contributed by atoms with Gasteiger partial charge in [0, 0.05) is 6.42 Å². The van der Waals surface area contributed by atoms with Crippen LogP contribution in [0.3, 0.4) is 0 Å². The van der Waals surface area contributed by atoms with Gasteiger partial charge in [0.2, 0.25) is 0 Å². The van der Waals surface area contributed by atoms with Crippen molar-refractivity contribution in [2.24, 2.45) is 0 Å². The molecule has 0 bridgehead atoms. The van der Waals surface area contributed by atoms with Crippen molar-refractivity contribution >= 4 is 22.6 Å². The van der Waals surface area contributed by atoms with E-state index in [2.05, 4.69) is 70.5 Å². The van der Waals surface area contributed by atoms with Crippen molar-refractivity contribution in [3.63, 3.8) is 0 Å². The standard InChI is InChI=1S/C27H54O4Si2/c1-8-9-10-11-12-13-14-15-16-17-18-19-20-21-22-23-27(28)29-24-26(31-33(5,6)7)25-30-32(2,3)4/h12-13,15-16,26H,8-11,14,17-25H2,1-7H3/b13-12-,16-15-. The summed E-state index contributed by atoms with van der Waals surface area (Å²) >= 11 is 0. The zero-order chi connectivity index (χ0) is 25.0. The number of ether oxygens (including phenoxy) is 1. The van der Waals surface area contributed by atoms with Crippen LogP contribution in [0.4, 0.5) is 0 Å². The number of esters is 1. The Balaban J connectivity index is 3.79. The molecule has 1 atom stereocenters. The van der Waals surface area contributed by atoms with Gasteiger partial charge >= 0.3 is 5.97 Å². The summed E-state index contributed by atoms with van der Waals surface area (Å²) in [7, 11) is -3.33. The Morgan fingerprint density at radius 3 is 1.88 bits per heavy atom. The van der Waals surface area contributed by atoms with Crippen molar-refractivity contribution in [2.45, 2.75) is 129 Å². The molecule has 0 heterocycles. The minimum absolute atomic E-state index is 0.113. The van der Waals surface area contributed by atoms with Crippen LogP contribution in [-0.2, 0) is 18.4 Å². The quantitative estimate of drug-likeness (QED) is 0.0689. The molecule has 0 aromatic rings. The number of hydrogen-bond acceptors (Lipinski definition) is 4. The molecule has 0 fully saturated rings. The molecule has 0 rings (SSSR count). The molecule has 0 aromatic carbocycles. The Labute approximate surface area is 207 Å². The third-order valence-corrected chi connectivity index (χ3v) is 7.06. The van der Waals surface area contributed by atoms with Crippen molar-refractivity contribution in [2.75, 3.05) is 13.2 Å². The smallest absolute Gasteiger partial charge is 0.305 e. The predicted octanol–water partition coefficient (Wildman–Crippen LogP) is 8.41. The molecule has 194 valence electrons. The largest absolute Gasteiger partial charge is 0.463 e. The van der Waals surface area contributed by atoms with Crippen molar-refractivity contribution in [3.8, 4) is 0 Å². The van der Waals surface area contributed by atoms with Gasteiger partial charge in [0.1, 0.15) is 12.7 Å². The highest BCUT2D eigenvalue weighted by molar-refractivity contribution is 6.70. The van der Waals surface area contributed by atoms with Gasteiger partial charge in [-0.15, -0.1) is 0 Å². The molecular formula is C27H54O4Si2. The first kappa shape index (κ1) is 32.3. The third-order valence-electron chi connectivity index (χ3n) is 4.98. The summed E-state index contributed by atoms with van der Waals surface area (Å²) in [5.41, 5.74) is 0. The van der Waals surface area contributed by atoms with E-state index in [1.54, 1.807) is 0 Å². The molecule has 0 aromatic heterocycles. The highest BCUT2D eigenvalue weighted by Gasteiger charge is 2.25. The number of carbonyl (C=O) groups excluding carboxylic acids is 1. The molecular weight excluding hydrogens is 444 g/mol. The second-order valence-corrected chi connectivity index (χ2v) is 19.9. The molecule has 33 heavy (non-hydrogen) atoms. The zero-order valence-corrected chi connectivity index (χ0v) is 24.9. The molecule has 0 spiro atoms. The van der Waals surface area contributed by atoms with E-state index < -0.39 is 16.6 Å². The fraction of sp³-hybridized carbons (Fsp3) is 0.815. The van der Waals surface area contributed by atoms with Crippen LogP contribution < -0.4 is 0 Å². The van der Waals surface area contributed by atoms with Gasteiger partial charge in [0.25, 0.3) is 0 Å². The van der Waals surface area contributed by atoms with Crippen LogP contribution >= 0.6 is 0 Å². The van der Waals surface area contributed by atoms with E-state index in [1.165, 1.54) is 44.9 Å². The number of rotatable bonds is 21. The van der Waals surface area contributed by atoms with E-state index in [4.69, 9.17) is 13.6 Å². The Hall–Kier alpha value is -0.696. The highest BCUT2D eigenvalue weighted by Crippen LogP contribution is 2.13. The van der Waals surface area contributed by atoms with Crippen LogP contribution in [0, 0.1) is 0 Å². The SMILES string of the molecule is CCCCC/C=C\C/C=C\CCCCCCCC(=O)OCC(CO[Si](C)(C)C)O[Si](C)(C)C. The van der Waals surface area contributed by atoms with Gasteiger partial charge in [-0.05, 0) is 77.8 Å². The first-order chi connectivity index (χ1) is 15.5. The summed E-state index contributed by atoms with van der Waals surface area (Å²) in [5.74, 6) is -0.113. The van der Waals surface area contributed by atoms with Gasteiger partial charge in [-0.1, -0.05) is 63.3 Å². The second kappa shape index (κ2) is 19.6. The number of carbonyl (C=O) groups is 1. The maximum atomic E-state index is 12.1. The molecule has 0 N–H and O–H groups in total. The lowest BCUT2D eigenvalue weighted by Crippen LogP contribution is -2.40. The van der Waals surface area contributed by atoms with Crippen LogP contribution in [0.1, 0.15) is 84.0 Å². The Bertz CT molecular complexity index is 533. The maximum Gasteiger partial charge on any atom is 0.305 e. The molecule has 0 aliphatic rings. The van der Waals surface area contributed by atoms with Crippen LogP contribution in [0.25, 0.3) is 0 Å². The van der Waals surface area contributed by atoms with E-state index in [1.807, 2.05) is 0 Å². The molecule has 0 aliphatic carbocycles. The van der Waals surface area contributed by atoms with Crippen molar-refractivity contribution in [1.29, 1.82) is 0 Å². The topological polar surface area (TPSA) is 44.8 Å². The molecule has 0 radical (unpaired) electrons. The Morgan fingerprint density at radius 1 is 0.727 bits per heavy atom. The van der Waals surface area contributed by atoms with Crippen molar-refractivity contribution < 1.29 is 18.4 Å². The van der Waals surface area contributed by atoms with Crippen molar-refractivity contribution in [3.05, 3.63) is 24.3 Å². The molecule has 0 aliphatic heterocycles. The fourth-order valence-electron chi connectivity index (χ4n) is 3.30. The van der Waals surface area contributed by atoms with Crippen LogP contribution in [0.15, 0.2) is 24.3 Å². The van der Waals surface area contributed by atoms with Gasteiger partial charge in [-0.2, -0.15) is 0 Å². The van der Waals surface area contributed by atoms with Gasteiger partial charge in [0.15, 0.2) is 16.6 Å². The number of allylic oxidation sites excluding steroid dienone is 4. The minimum Gasteiger partial charge on any atom is -0.463 e. The normalized spacial score (nSPS) is 13.8. The molecule has 1 unspecified atom stereocenters. The summed E-state index contributed by atoms with van der Waals surface area (Å²) in [4.78, 5) is 12.1. The van der Waals surface area contributed by atoms with E-state index in [0.29, 0.717) is 19.6 Å².